The normalized spacial score (nSPS) is 10.5. The molecule has 0 aliphatic rings. The van der Waals surface area contributed by atoms with Crippen LogP contribution in [0.5, 0.6) is 0 Å². The molecule has 2 heterocycles. The number of nitrogens with zero attached hydrogens (tertiary/aromatic N) is 2. The second kappa shape index (κ2) is 5.58. The number of benzene rings is 1. The van der Waals surface area contributed by atoms with Gasteiger partial charge in [0.2, 0.25) is 0 Å². The number of rotatable bonds is 4. The monoisotopic (exact) mass is 279 g/mol. The summed E-state index contributed by atoms with van der Waals surface area (Å²) in [7, 11) is 0. The summed E-state index contributed by atoms with van der Waals surface area (Å²) in [5.41, 5.74) is 1.98. The predicted octanol–water partition coefficient (Wildman–Crippen LogP) is 2.94. The maximum atomic E-state index is 11.2. The lowest BCUT2D eigenvalue weighted by Gasteiger charge is -2.07. The number of aromatic carboxylic acids is 1. The van der Waals surface area contributed by atoms with E-state index in [1.807, 2.05) is 12.1 Å². The molecule has 104 valence electrons. The number of anilines is 1. The molecular formula is C16H13N3O2. The molecule has 0 unspecified atom stereocenters. The molecule has 5 nitrogen and oxygen atoms in total. The molecule has 21 heavy (non-hydrogen) atoms. The summed E-state index contributed by atoms with van der Waals surface area (Å²) in [5, 5.41) is 13.0. The first-order valence-electron chi connectivity index (χ1n) is 6.50. The zero-order valence-corrected chi connectivity index (χ0v) is 11.2. The van der Waals surface area contributed by atoms with Gasteiger partial charge in [0.15, 0.2) is 0 Å². The number of carbonyl (C=O) groups is 1. The lowest BCUT2D eigenvalue weighted by Crippen LogP contribution is -2.03. The van der Waals surface area contributed by atoms with Crippen LogP contribution in [0, 0.1) is 0 Å². The van der Waals surface area contributed by atoms with E-state index in [1.54, 1.807) is 42.7 Å². The van der Waals surface area contributed by atoms with Crippen molar-refractivity contribution in [3.8, 4) is 0 Å². The van der Waals surface area contributed by atoms with E-state index in [9.17, 15) is 4.79 Å². The zero-order chi connectivity index (χ0) is 14.7. The fourth-order valence-corrected chi connectivity index (χ4v) is 2.14. The fourth-order valence-electron chi connectivity index (χ4n) is 2.14. The largest absolute Gasteiger partial charge is 0.478 e. The molecule has 0 spiro atoms. The molecule has 3 rings (SSSR count). The Hall–Kier alpha value is -2.95. The highest BCUT2D eigenvalue weighted by Gasteiger charge is 2.08. The van der Waals surface area contributed by atoms with Crippen LogP contribution in [0.4, 0.5) is 5.82 Å². The van der Waals surface area contributed by atoms with Crippen molar-refractivity contribution in [3.05, 3.63) is 66.0 Å². The van der Waals surface area contributed by atoms with E-state index in [1.165, 1.54) is 0 Å². The van der Waals surface area contributed by atoms with Gasteiger partial charge in [0.1, 0.15) is 5.82 Å². The first-order chi connectivity index (χ1) is 10.2. The smallest absolute Gasteiger partial charge is 0.336 e. The van der Waals surface area contributed by atoms with E-state index in [0.717, 1.165) is 5.56 Å². The fraction of sp³-hybridized carbons (Fsp3) is 0.0625. The SMILES string of the molecule is O=C(O)c1cccc2nc(NCc3cccnc3)ccc12. The quantitative estimate of drug-likeness (QED) is 0.768. The molecule has 3 aromatic rings. The molecule has 0 atom stereocenters. The van der Waals surface area contributed by atoms with Crippen molar-refractivity contribution < 1.29 is 9.90 Å². The van der Waals surface area contributed by atoms with E-state index < -0.39 is 5.97 Å². The lowest BCUT2D eigenvalue weighted by molar-refractivity contribution is 0.0699. The van der Waals surface area contributed by atoms with Gasteiger partial charge in [0.05, 0.1) is 11.1 Å². The van der Waals surface area contributed by atoms with Crippen LogP contribution in [0.1, 0.15) is 15.9 Å². The highest BCUT2D eigenvalue weighted by Crippen LogP contribution is 2.19. The summed E-state index contributed by atoms with van der Waals surface area (Å²) in [6.07, 6.45) is 3.52. The van der Waals surface area contributed by atoms with Crippen LogP contribution < -0.4 is 5.32 Å². The highest BCUT2D eigenvalue weighted by atomic mass is 16.4. The van der Waals surface area contributed by atoms with Gasteiger partial charge in [-0.2, -0.15) is 0 Å². The van der Waals surface area contributed by atoms with Crippen LogP contribution in [0.3, 0.4) is 0 Å². The summed E-state index contributed by atoms with van der Waals surface area (Å²) < 4.78 is 0. The summed E-state index contributed by atoms with van der Waals surface area (Å²) in [6, 6.07) is 12.5. The van der Waals surface area contributed by atoms with E-state index in [2.05, 4.69) is 15.3 Å². The molecule has 0 saturated heterocycles. The maximum Gasteiger partial charge on any atom is 0.336 e. The number of aromatic nitrogens is 2. The molecule has 5 heteroatoms. The first kappa shape index (κ1) is 13.1. The number of hydrogen-bond donors (Lipinski definition) is 2. The van der Waals surface area contributed by atoms with E-state index in [-0.39, 0.29) is 5.56 Å². The van der Waals surface area contributed by atoms with Gasteiger partial charge in [0, 0.05) is 24.3 Å². The number of pyridine rings is 2. The zero-order valence-electron chi connectivity index (χ0n) is 11.2. The van der Waals surface area contributed by atoms with Gasteiger partial charge in [-0.15, -0.1) is 0 Å². The Balaban J connectivity index is 1.86. The minimum Gasteiger partial charge on any atom is -0.478 e. The molecule has 0 amide bonds. The van der Waals surface area contributed by atoms with Crippen LogP contribution >= 0.6 is 0 Å². The molecule has 0 radical (unpaired) electrons. The maximum absolute atomic E-state index is 11.2. The number of nitrogens with one attached hydrogen (secondary N) is 1. The minimum absolute atomic E-state index is 0.263. The molecule has 2 aromatic heterocycles. The van der Waals surface area contributed by atoms with E-state index >= 15 is 0 Å². The Morgan fingerprint density at radius 2 is 2.05 bits per heavy atom. The minimum atomic E-state index is -0.946. The van der Waals surface area contributed by atoms with E-state index in [0.29, 0.717) is 23.3 Å². The average Bonchev–Trinajstić information content (AvgIpc) is 2.53. The van der Waals surface area contributed by atoms with Gasteiger partial charge in [-0.05, 0) is 35.9 Å². The third-order valence-electron chi connectivity index (χ3n) is 3.16. The van der Waals surface area contributed by atoms with Crippen LogP contribution in [0.25, 0.3) is 10.9 Å². The van der Waals surface area contributed by atoms with Gasteiger partial charge in [-0.1, -0.05) is 12.1 Å². The predicted molar refractivity (Wildman–Crippen MR) is 80.3 cm³/mol. The van der Waals surface area contributed by atoms with Gasteiger partial charge in [-0.3, -0.25) is 4.98 Å². The van der Waals surface area contributed by atoms with Crippen molar-refractivity contribution in [2.45, 2.75) is 6.54 Å². The van der Waals surface area contributed by atoms with Gasteiger partial charge >= 0.3 is 5.97 Å². The summed E-state index contributed by atoms with van der Waals surface area (Å²) in [6.45, 7) is 0.616. The summed E-state index contributed by atoms with van der Waals surface area (Å²) in [5.74, 6) is -0.243. The Bertz CT molecular complexity index is 788. The topological polar surface area (TPSA) is 75.1 Å². The van der Waals surface area contributed by atoms with Crippen LogP contribution in [0.2, 0.25) is 0 Å². The average molecular weight is 279 g/mol. The highest BCUT2D eigenvalue weighted by molar-refractivity contribution is 6.02. The van der Waals surface area contributed by atoms with Crippen LogP contribution in [-0.4, -0.2) is 21.0 Å². The lowest BCUT2D eigenvalue weighted by atomic mass is 10.1. The number of hydrogen-bond acceptors (Lipinski definition) is 4. The molecule has 0 fully saturated rings. The molecule has 2 N–H and O–H groups in total. The van der Waals surface area contributed by atoms with Crippen molar-refractivity contribution in [2.75, 3.05) is 5.32 Å². The second-order valence-corrected chi connectivity index (χ2v) is 4.59. The molecular weight excluding hydrogens is 266 g/mol. The van der Waals surface area contributed by atoms with Crippen molar-refractivity contribution in [1.82, 2.24) is 9.97 Å². The van der Waals surface area contributed by atoms with Crippen LogP contribution in [0.15, 0.2) is 54.9 Å². The Kier molecular flexibility index (Phi) is 3.47. The Morgan fingerprint density at radius 3 is 2.81 bits per heavy atom. The van der Waals surface area contributed by atoms with Crippen molar-refractivity contribution in [2.24, 2.45) is 0 Å². The summed E-state index contributed by atoms with van der Waals surface area (Å²) >= 11 is 0. The second-order valence-electron chi connectivity index (χ2n) is 4.59. The summed E-state index contributed by atoms with van der Waals surface area (Å²) in [4.78, 5) is 19.7. The van der Waals surface area contributed by atoms with E-state index in [4.69, 9.17) is 5.11 Å². The first-order valence-corrected chi connectivity index (χ1v) is 6.50. The van der Waals surface area contributed by atoms with Crippen molar-refractivity contribution in [1.29, 1.82) is 0 Å². The van der Waals surface area contributed by atoms with Crippen molar-refractivity contribution in [3.63, 3.8) is 0 Å². The van der Waals surface area contributed by atoms with Gasteiger partial charge in [0.25, 0.3) is 0 Å². The van der Waals surface area contributed by atoms with Gasteiger partial charge < -0.3 is 10.4 Å². The Labute approximate surface area is 121 Å². The molecule has 0 saturated carbocycles. The van der Waals surface area contributed by atoms with Gasteiger partial charge in [-0.25, -0.2) is 9.78 Å². The number of carboxylic acids is 1. The molecule has 1 aromatic carbocycles. The third-order valence-corrected chi connectivity index (χ3v) is 3.16. The Morgan fingerprint density at radius 1 is 1.14 bits per heavy atom. The number of carboxylic acid groups (broad SMARTS) is 1. The third kappa shape index (κ3) is 2.81. The molecule has 0 bridgehead atoms. The van der Waals surface area contributed by atoms with Crippen LogP contribution in [-0.2, 0) is 6.54 Å². The number of fused-ring (bicyclic) bond motifs is 1. The molecule has 0 aliphatic carbocycles. The molecule has 0 aliphatic heterocycles. The van der Waals surface area contributed by atoms with Crippen molar-refractivity contribution >= 4 is 22.7 Å². The standard InChI is InChI=1S/C16H13N3O2/c20-16(21)13-4-1-5-14-12(13)6-7-15(19-14)18-10-11-3-2-8-17-9-11/h1-9H,10H2,(H,18,19)(H,20,21).